The summed E-state index contributed by atoms with van der Waals surface area (Å²) in [6.45, 7) is 3.88. The topological polar surface area (TPSA) is 46.6 Å². The first-order valence-corrected chi connectivity index (χ1v) is 8.23. The molecule has 0 saturated carbocycles. The molecule has 0 aromatic heterocycles. The fraction of sp³-hybridized carbons (Fsp3) is 0.238. The van der Waals surface area contributed by atoms with Gasteiger partial charge in [-0.3, -0.25) is 4.79 Å². The molecule has 3 rings (SSSR count). The van der Waals surface area contributed by atoms with E-state index in [0.717, 1.165) is 23.1 Å². The smallest absolute Gasteiger partial charge is 0.337 e. The Morgan fingerprint density at radius 3 is 2.56 bits per heavy atom. The van der Waals surface area contributed by atoms with E-state index in [9.17, 15) is 9.59 Å². The first-order chi connectivity index (χ1) is 12.1. The zero-order chi connectivity index (χ0) is 18.0. The highest BCUT2D eigenvalue weighted by atomic mass is 16.5. The second-order valence-corrected chi connectivity index (χ2v) is 6.19. The maximum Gasteiger partial charge on any atom is 0.337 e. The van der Waals surface area contributed by atoms with E-state index < -0.39 is 0 Å². The van der Waals surface area contributed by atoms with Crippen LogP contribution in [-0.2, 0) is 4.74 Å². The molecule has 25 heavy (non-hydrogen) atoms. The average Bonchev–Trinajstić information content (AvgIpc) is 2.90. The van der Waals surface area contributed by atoms with Gasteiger partial charge in [0.1, 0.15) is 0 Å². The molecule has 2 atom stereocenters. The molecule has 128 valence electrons. The number of hydrogen-bond acceptors (Lipinski definition) is 3. The number of amides is 1. The first kappa shape index (κ1) is 17.0. The molecule has 0 N–H and O–H groups in total. The van der Waals surface area contributed by atoms with Gasteiger partial charge in [0, 0.05) is 18.5 Å². The zero-order valence-corrected chi connectivity index (χ0v) is 14.4. The van der Waals surface area contributed by atoms with E-state index in [0.29, 0.717) is 5.56 Å². The standard InChI is InChI=1S/C21H21NO3/c1-4-7-16(14-10-12-15(13-11-14)21(24)25-3)19-17-8-5-6-9-18(17)20(23)22(19)2/h4-6,8-13,16,19H,1,7H2,2-3H3. The molecule has 0 saturated heterocycles. The molecule has 0 spiro atoms. The number of methoxy groups -OCH3 is 1. The quantitative estimate of drug-likeness (QED) is 0.614. The zero-order valence-electron chi connectivity index (χ0n) is 14.4. The summed E-state index contributed by atoms with van der Waals surface area (Å²) in [6.07, 6.45) is 2.60. The highest BCUT2D eigenvalue weighted by molar-refractivity contribution is 5.99. The van der Waals surface area contributed by atoms with Gasteiger partial charge >= 0.3 is 5.97 Å². The minimum atomic E-state index is -0.356. The number of esters is 1. The normalized spacial score (nSPS) is 17.1. The number of fused-ring (bicyclic) bond motifs is 1. The van der Waals surface area contributed by atoms with Crippen molar-refractivity contribution < 1.29 is 14.3 Å². The highest BCUT2D eigenvalue weighted by Crippen LogP contribution is 2.43. The van der Waals surface area contributed by atoms with Crippen LogP contribution in [0.1, 0.15) is 50.2 Å². The van der Waals surface area contributed by atoms with Gasteiger partial charge in [0.25, 0.3) is 5.91 Å². The largest absolute Gasteiger partial charge is 0.465 e. The fourth-order valence-corrected chi connectivity index (χ4v) is 3.57. The number of likely N-dealkylation sites (N-methyl/N-ethyl adjacent to an activating group) is 1. The SMILES string of the molecule is C=CCC(c1ccc(C(=O)OC)cc1)C1c2ccccc2C(=O)N1C. The predicted molar refractivity (Wildman–Crippen MR) is 96.6 cm³/mol. The van der Waals surface area contributed by atoms with Crippen molar-refractivity contribution in [3.63, 3.8) is 0 Å². The minimum Gasteiger partial charge on any atom is -0.465 e. The predicted octanol–water partition coefficient (Wildman–Crippen LogP) is 3.96. The van der Waals surface area contributed by atoms with Crippen molar-refractivity contribution in [3.8, 4) is 0 Å². The van der Waals surface area contributed by atoms with E-state index in [1.165, 1.54) is 7.11 Å². The maximum atomic E-state index is 12.6. The Kier molecular flexibility index (Phi) is 4.70. The third-order valence-corrected chi connectivity index (χ3v) is 4.81. The summed E-state index contributed by atoms with van der Waals surface area (Å²) in [5, 5.41) is 0. The van der Waals surface area contributed by atoms with Gasteiger partial charge < -0.3 is 9.64 Å². The Morgan fingerprint density at radius 2 is 1.92 bits per heavy atom. The van der Waals surface area contributed by atoms with Crippen LogP contribution in [0.2, 0.25) is 0 Å². The number of benzene rings is 2. The van der Waals surface area contributed by atoms with E-state index in [1.54, 1.807) is 17.0 Å². The van der Waals surface area contributed by atoms with Crippen LogP contribution in [-0.4, -0.2) is 30.9 Å². The van der Waals surface area contributed by atoms with E-state index >= 15 is 0 Å². The number of rotatable bonds is 5. The Balaban J connectivity index is 2.00. The molecule has 1 aliphatic rings. The molecule has 1 heterocycles. The van der Waals surface area contributed by atoms with Gasteiger partial charge in [0.05, 0.1) is 18.7 Å². The van der Waals surface area contributed by atoms with Gasteiger partial charge in [-0.2, -0.15) is 0 Å². The lowest BCUT2D eigenvalue weighted by molar-refractivity contribution is 0.0600. The number of ether oxygens (including phenoxy) is 1. The summed E-state index contributed by atoms with van der Waals surface area (Å²) in [7, 11) is 3.21. The maximum absolute atomic E-state index is 12.6. The second-order valence-electron chi connectivity index (χ2n) is 6.19. The van der Waals surface area contributed by atoms with Gasteiger partial charge in [-0.25, -0.2) is 4.79 Å². The average molecular weight is 335 g/mol. The second kappa shape index (κ2) is 6.93. The van der Waals surface area contributed by atoms with Crippen molar-refractivity contribution in [3.05, 3.63) is 83.4 Å². The van der Waals surface area contributed by atoms with Crippen molar-refractivity contribution in [2.75, 3.05) is 14.2 Å². The molecule has 1 amide bonds. The van der Waals surface area contributed by atoms with Crippen LogP contribution in [0.25, 0.3) is 0 Å². The van der Waals surface area contributed by atoms with Crippen LogP contribution >= 0.6 is 0 Å². The summed E-state index contributed by atoms with van der Waals surface area (Å²) in [5.74, 6) is -0.243. The summed E-state index contributed by atoms with van der Waals surface area (Å²) in [4.78, 5) is 26.0. The van der Waals surface area contributed by atoms with Crippen molar-refractivity contribution >= 4 is 11.9 Å². The van der Waals surface area contributed by atoms with Crippen molar-refractivity contribution in [2.24, 2.45) is 0 Å². The number of hydrogen-bond donors (Lipinski definition) is 0. The van der Waals surface area contributed by atoms with Crippen LogP contribution in [0.4, 0.5) is 0 Å². The van der Waals surface area contributed by atoms with Gasteiger partial charge in [0.15, 0.2) is 0 Å². The molecule has 4 nitrogen and oxygen atoms in total. The molecule has 2 unspecified atom stereocenters. The highest BCUT2D eigenvalue weighted by Gasteiger charge is 2.38. The van der Waals surface area contributed by atoms with E-state index in [2.05, 4.69) is 6.58 Å². The minimum absolute atomic E-state index is 0.0424. The van der Waals surface area contributed by atoms with Gasteiger partial charge in [0.2, 0.25) is 0 Å². The summed E-state index contributed by atoms with van der Waals surface area (Å²) in [5.41, 5.74) is 3.38. The van der Waals surface area contributed by atoms with Crippen LogP contribution < -0.4 is 0 Å². The fourth-order valence-electron chi connectivity index (χ4n) is 3.57. The lowest BCUT2D eigenvalue weighted by Gasteiger charge is -2.29. The van der Waals surface area contributed by atoms with Crippen molar-refractivity contribution in [2.45, 2.75) is 18.4 Å². The molecule has 4 heteroatoms. The Bertz CT molecular complexity index is 810. The van der Waals surface area contributed by atoms with E-state index in [1.807, 2.05) is 49.5 Å². The molecule has 0 fully saturated rings. The lowest BCUT2D eigenvalue weighted by Crippen LogP contribution is -2.27. The van der Waals surface area contributed by atoms with Crippen LogP contribution in [0, 0.1) is 0 Å². The summed E-state index contributed by atoms with van der Waals surface area (Å²) < 4.78 is 4.75. The van der Waals surface area contributed by atoms with Crippen LogP contribution in [0.15, 0.2) is 61.2 Å². The molecule has 0 aliphatic carbocycles. The Hall–Kier alpha value is -2.88. The molecular weight excluding hydrogens is 314 g/mol. The van der Waals surface area contributed by atoms with Gasteiger partial charge in [-0.15, -0.1) is 6.58 Å². The number of carbonyl (C=O) groups is 2. The molecule has 0 bridgehead atoms. The lowest BCUT2D eigenvalue weighted by atomic mass is 9.84. The third-order valence-electron chi connectivity index (χ3n) is 4.81. The Morgan fingerprint density at radius 1 is 1.24 bits per heavy atom. The van der Waals surface area contributed by atoms with Crippen molar-refractivity contribution in [1.29, 1.82) is 0 Å². The van der Waals surface area contributed by atoms with Crippen LogP contribution in [0.3, 0.4) is 0 Å². The summed E-state index contributed by atoms with van der Waals surface area (Å²) >= 11 is 0. The molecular formula is C21H21NO3. The van der Waals surface area contributed by atoms with E-state index in [-0.39, 0.29) is 23.8 Å². The van der Waals surface area contributed by atoms with Crippen molar-refractivity contribution in [1.82, 2.24) is 4.90 Å². The molecule has 2 aromatic rings. The Labute approximate surface area is 147 Å². The van der Waals surface area contributed by atoms with E-state index in [4.69, 9.17) is 4.74 Å². The monoisotopic (exact) mass is 335 g/mol. The molecule has 0 radical (unpaired) electrons. The summed E-state index contributed by atoms with van der Waals surface area (Å²) in [6, 6.07) is 15.1. The number of nitrogens with zero attached hydrogens (tertiary/aromatic N) is 1. The third kappa shape index (κ3) is 2.95. The molecule has 1 aliphatic heterocycles. The number of carbonyl (C=O) groups excluding carboxylic acids is 2. The number of allylic oxidation sites excluding steroid dienone is 1. The van der Waals surface area contributed by atoms with Gasteiger partial charge in [-0.05, 0) is 35.7 Å². The molecule has 2 aromatic carbocycles. The van der Waals surface area contributed by atoms with Gasteiger partial charge in [-0.1, -0.05) is 36.4 Å². The van der Waals surface area contributed by atoms with Crippen LogP contribution in [0.5, 0.6) is 0 Å². The first-order valence-electron chi connectivity index (χ1n) is 8.23.